The summed E-state index contributed by atoms with van der Waals surface area (Å²) in [7, 11) is 3.27. The average Bonchev–Trinajstić information content (AvgIpc) is 3.14. The highest BCUT2D eigenvalue weighted by Crippen LogP contribution is 2.29. The maximum absolute atomic E-state index is 13.7. The molecular weight excluding hydrogens is 600 g/mol. The van der Waals surface area contributed by atoms with Crippen LogP contribution in [0.25, 0.3) is 44.3 Å². The van der Waals surface area contributed by atoms with Crippen LogP contribution in [-0.2, 0) is 0 Å². The van der Waals surface area contributed by atoms with Crippen LogP contribution in [0, 0.1) is 0 Å². The summed E-state index contributed by atoms with van der Waals surface area (Å²) in [5.41, 5.74) is 5.99. The Labute approximate surface area is 279 Å². The van der Waals surface area contributed by atoms with Crippen molar-refractivity contribution in [3.05, 3.63) is 120 Å². The van der Waals surface area contributed by atoms with Crippen molar-refractivity contribution in [2.24, 2.45) is 0 Å². The molecule has 0 radical (unpaired) electrons. The molecule has 0 bridgehead atoms. The van der Waals surface area contributed by atoms with Crippen molar-refractivity contribution in [1.82, 2.24) is 20.6 Å². The molecule has 8 heteroatoms. The molecule has 2 heterocycles. The van der Waals surface area contributed by atoms with E-state index in [4.69, 9.17) is 19.4 Å². The van der Waals surface area contributed by atoms with Crippen molar-refractivity contribution in [2.75, 3.05) is 14.2 Å². The molecule has 1 fully saturated rings. The van der Waals surface area contributed by atoms with E-state index < -0.39 is 0 Å². The van der Waals surface area contributed by atoms with Crippen molar-refractivity contribution in [3.63, 3.8) is 0 Å². The van der Waals surface area contributed by atoms with Crippen molar-refractivity contribution in [3.8, 4) is 34.0 Å². The van der Waals surface area contributed by atoms with Gasteiger partial charge in [0.05, 0.1) is 47.8 Å². The number of nitrogens with zero attached hydrogens (tertiary/aromatic N) is 2. The Kier molecular flexibility index (Phi) is 8.71. The Balaban J connectivity index is 1.04. The zero-order valence-corrected chi connectivity index (χ0v) is 26.9. The first-order valence-corrected chi connectivity index (χ1v) is 16.2. The van der Waals surface area contributed by atoms with E-state index in [1.165, 1.54) is 0 Å². The van der Waals surface area contributed by atoms with E-state index in [0.29, 0.717) is 11.1 Å². The van der Waals surface area contributed by atoms with Crippen LogP contribution < -0.4 is 20.1 Å². The molecule has 0 atom stereocenters. The van der Waals surface area contributed by atoms with Gasteiger partial charge in [0, 0.05) is 34.0 Å². The SMILES string of the molecule is COc1ccc(-c2cc(C(=O)NC3CCC(NC(=O)c4cc(-c5ccc(OC)cc5)nc5ccccc45)CC3)c3ccccc3n2)cc1. The van der Waals surface area contributed by atoms with E-state index in [9.17, 15) is 9.59 Å². The standard InChI is InChI=1S/C40H36N4O4/c1-47-29-19-11-25(12-20-29)37-23-33(31-7-3-5-9-35(31)43-37)39(45)41-27-15-17-28(18-16-27)42-40(46)34-24-38(26-13-21-30(48-2)22-14-26)44-36-10-6-4-8-32(34)36/h3-14,19-24,27-28H,15-18H2,1-2H3,(H,41,45)(H,42,46). The van der Waals surface area contributed by atoms with Gasteiger partial charge in [0.1, 0.15) is 11.5 Å². The van der Waals surface area contributed by atoms with Crippen LogP contribution in [0.1, 0.15) is 46.4 Å². The zero-order valence-electron chi connectivity index (χ0n) is 26.9. The molecule has 1 aliphatic rings. The number of methoxy groups -OCH3 is 2. The molecule has 8 nitrogen and oxygen atoms in total. The molecule has 6 aromatic rings. The molecule has 2 N–H and O–H groups in total. The van der Waals surface area contributed by atoms with Gasteiger partial charge in [0.2, 0.25) is 0 Å². The van der Waals surface area contributed by atoms with Gasteiger partial charge in [-0.3, -0.25) is 9.59 Å². The lowest BCUT2D eigenvalue weighted by Gasteiger charge is -2.30. The van der Waals surface area contributed by atoms with Crippen molar-refractivity contribution < 1.29 is 19.1 Å². The number of benzene rings is 4. The number of carbonyl (C=O) groups excluding carboxylic acids is 2. The highest BCUT2D eigenvalue weighted by molar-refractivity contribution is 6.08. The van der Waals surface area contributed by atoms with Gasteiger partial charge in [-0.05, 0) is 98.5 Å². The molecule has 2 aromatic heterocycles. The summed E-state index contributed by atoms with van der Waals surface area (Å²) in [6.45, 7) is 0. The Morgan fingerprint density at radius 2 is 0.938 bits per heavy atom. The van der Waals surface area contributed by atoms with Crippen LogP contribution in [0.15, 0.2) is 109 Å². The fraction of sp³-hybridized carbons (Fsp3) is 0.200. The van der Waals surface area contributed by atoms with E-state index in [1.54, 1.807) is 14.2 Å². The van der Waals surface area contributed by atoms with Gasteiger partial charge in [0.25, 0.3) is 11.8 Å². The molecule has 0 saturated heterocycles. The monoisotopic (exact) mass is 636 g/mol. The Bertz CT molecular complexity index is 1950. The summed E-state index contributed by atoms with van der Waals surface area (Å²) in [6.07, 6.45) is 3.05. The molecule has 0 spiro atoms. The molecular formula is C40H36N4O4. The second-order valence-corrected chi connectivity index (χ2v) is 12.1. The average molecular weight is 637 g/mol. The molecule has 0 aliphatic heterocycles. The fourth-order valence-corrected chi connectivity index (χ4v) is 6.45. The number of ether oxygens (including phenoxy) is 2. The summed E-state index contributed by atoms with van der Waals surface area (Å²) in [5, 5.41) is 8.17. The van der Waals surface area contributed by atoms with E-state index >= 15 is 0 Å². The summed E-state index contributed by atoms with van der Waals surface area (Å²) in [4.78, 5) is 37.1. The number of rotatable bonds is 8. The van der Waals surface area contributed by atoms with E-state index in [2.05, 4.69) is 10.6 Å². The normalized spacial score (nSPS) is 16.0. The lowest BCUT2D eigenvalue weighted by Crippen LogP contribution is -2.44. The topological polar surface area (TPSA) is 102 Å². The van der Waals surface area contributed by atoms with Gasteiger partial charge in [-0.25, -0.2) is 9.97 Å². The lowest BCUT2D eigenvalue weighted by molar-refractivity contribution is 0.0893. The first-order chi connectivity index (χ1) is 23.5. The first kappa shape index (κ1) is 30.9. The smallest absolute Gasteiger partial charge is 0.252 e. The number of nitrogens with one attached hydrogen (secondary N) is 2. The molecule has 48 heavy (non-hydrogen) atoms. The van der Waals surface area contributed by atoms with Crippen molar-refractivity contribution >= 4 is 33.6 Å². The number of para-hydroxylation sites is 2. The van der Waals surface area contributed by atoms with Crippen LogP contribution >= 0.6 is 0 Å². The van der Waals surface area contributed by atoms with Gasteiger partial charge in [-0.1, -0.05) is 36.4 Å². The minimum atomic E-state index is -0.120. The van der Waals surface area contributed by atoms with E-state index in [-0.39, 0.29) is 23.9 Å². The third-order valence-corrected chi connectivity index (χ3v) is 9.09. The van der Waals surface area contributed by atoms with Crippen LogP contribution in [0.4, 0.5) is 0 Å². The zero-order chi connectivity index (χ0) is 33.0. The van der Waals surface area contributed by atoms with Crippen molar-refractivity contribution in [1.29, 1.82) is 0 Å². The van der Waals surface area contributed by atoms with Crippen LogP contribution in [0.5, 0.6) is 11.5 Å². The first-order valence-electron chi connectivity index (χ1n) is 16.2. The number of amides is 2. The van der Waals surface area contributed by atoms with Crippen molar-refractivity contribution in [2.45, 2.75) is 37.8 Å². The number of fused-ring (bicyclic) bond motifs is 2. The van der Waals surface area contributed by atoms with Gasteiger partial charge in [-0.2, -0.15) is 0 Å². The highest BCUT2D eigenvalue weighted by atomic mass is 16.5. The lowest BCUT2D eigenvalue weighted by atomic mass is 9.90. The maximum atomic E-state index is 13.7. The number of hydrogen-bond acceptors (Lipinski definition) is 6. The van der Waals surface area contributed by atoms with Crippen LogP contribution in [0.3, 0.4) is 0 Å². The Hall–Kier alpha value is -5.76. The van der Waals surface area contributed by atoms with Gasteiger partial charge in [0.15, 0.2) is 0 Å². The number of hydrogen-bond donors (Lipinski definition) is 2. The third-order valence-electron chi connectivity index (χ3n) is 9.09. The number of pyridine rings is 2. The quantitative estimate of drug-likeness (QED) is 0.178. The summed E-state index contributed by atoms with van der Waals surface area (Å²) < 4.78 is 10.6. The van der Waals surface area contributed by atoms with Gasteiger partial charge in [-0.15, -0.1) is 0 Å². The second-order valence-electron chi connectivity index (χ2n) is 12.1. The summed E-state index contributed by atoms with van der Waals surface area (Å²) in [5.74, 6) is 1.28. The summed E-state index contributed by atoms with van der Waals surface area (Å²) in [6, 6.07) is 34.5. The summed E-state index contributed by atoms with van der Waals surface area (Å²) >= 11 is 0. The van der Waals surface area contributed by atoms with Crippen LogP contribution in [-0.4, -0.2) is 48.1 Å². The van der Waals surface area contributed by atoms with Gasteiger partial charge < -0.3 is 20.1 Å². The maximum Gasteiger partial charge on any atom is 0.252 e. The van der Waals surface area contributed by atoms with Crippen LogP contribution in [0.2, 0.25) is 0 Å². The highest BCUT2D eigenvalue weighted by Gasteiger charge is 2.26. The molecule has 2 amide bonds. The largest absolute Gasteiger partial charge is 0.497 e. The molecule has 0 unspecified atom stereocenters. The fourth-order valence-electron chi connectivity index (χ4n) is 6.45. The molecule has 1 aliphatic carbocycles. The van der Waals surface area contributed by atoms with Gasteiger partial charge >= 0.3 is 0 Å². The Morgan fingerprint density at radius 1 is 0.562 bits per heavy atom. The predicted molar refractivity (Wildman–Crippen MR) is 188 cm³/mol. The second kappa shape index (κ2) is 13.5. The minimum absolute atomic E-state index is 0.00504. The molecule has 1 saturated carbocycles. The van der Waals surface area contributed by atoms with E-state index in [0.717, 1.165) is 81.5 Å². The molecule has 7 rings (SSSR count). The molecule has 4 aromatic carbocycles. The number of aromatic nitrogens is 2. The molecule has 240 valence electrons. The minimum Gasteiger partial charge on any atom is -0.497 e. The number of carbonyl (C=O) groups is 2. The van der Waals surface area contributed by atoms with E-state index in [1.807, 2.05) is 109 Å². The predicted octanol–water partition coefficient (Wildman–Crippen LogP) is 7.61. The Morgan fingerprint density at radius 3 is 1.31 bits per heavy atom. The third kappa shape index (κ3) is 6.42.